The van der Waals surface area contributed by atoms with Crippen molar-refractivity contribution in [1.82, 2.24) is 5.43 Å². The van der Waals surface area contributed by atoms with Crippen molar-refractivity contribution in [3.63, 3.8) is 0 Å². The number of fused-ring (bicyclic) bond motifs is 1. The number of aryl methyl sites for hydroxylation is 1. The molecule has 0 atom stereocenters. The van der Waals surface area contributed by atoms with E-state index in [0.717, 1.165) is 28.3 Å². The van der Waals surface area contributed by atoms with Crippen LogP contribution in [-0.4, -0.2) is 41.5 Å². The summed E-state index contributed by atoms with van der Waals surface area (Å²) in [6.45, 7) is 0. The normalized spacial score (nSPS) is 13.6. The molecule has 3 aromatic carbocycles. The number of rotatable bonds is 7. The molecular weight excluding hydrogens is 452 g/mol. The lowest BCUT2D eigenvalue weighted by Gasteiger charge is -2.09. The van der Waals surface area contributed by atoms with Crippen LogP contribution in [0.15, 0.2) is 82.8 Å². The van der Waals surface area contributed by atoms with E-state index in [1.165, 1.54) is 4.90 Å². The maximum atomic E-state index is 12.7. The van der Waals surface area contributed by atoms with E-state index in [-0.39, 0.29) is 17.2 Å². The number of benzene rings is 3. The van der Waals surface area contributed by atoms with Crippen LogP contribution in [0.4, 0.5) is 16.2 Å². The van der Waals surface area contributed by atoms with Crippen molar-refractivity contribution in [3.05, 3.63) is 89.5 Å². The van der Waals surface area contributed by atoms with E-state index in [9.17, 15) is 14.4 Å². The van der Waals surface area contributed by atoms with Crippen molar-refractivity contribution in [2.24, 2.45) is 5.10 Å². The number of carboxylic acid groups (broad SMARTS) is 1. The maximum absolute atomic E-state index is 12.7. The summed E-state index contributed by atoms with van der Waals surface area (Å²) in [5, 5.41) is 15.8. The standard InChI is InChI=1S/C25H22N4O4S/c1-29-21-12-11-19(34-14-13-16-7-9-17(10-8-16)24(31)32)15-20(21)22(23(29)30)27-28-25(33)26-18-5-3-2-4-6-18/h2-12,15H,13-14H2,1H3,(H,31,32)(H2,26,28,33). The molecule has 0 fully saturated rings. The molecule has 1 aliphatic rings. The van der Waals surface area contributed by atoms with Crippen LogP contribution in [0.5, 0.6) is 0 Å². The van der Waals surface area contributed by atoms with Gasteiger partial charge in [-0.3, -0.25) is 4.79 Å². The SMILES string of the molecule is CN1C(=O)C(=NNC(=O)Nc2ccccc2)c2cc(SCCc3ccc(C(=O)O)cc3)ccc21. The number of carbonyl (C=O) groups excluding carboxylic acids is 2. The van der Waals surface area contributed by atoms with Gasteiger partial charge in [-0.05, 0) is 54.4 Å². The van der Waals surface area contributed by atoms with Crippen LogP contribution < -0.4 is 15.6 Å². The second-order valence-corrected chi connectivity index (χ2v) is 8.70. The number of hydrogen-bond acceptors (Lipinski definition) is 5. The van der Waals surface area contributed by atoms with Crippen molar-refractivity contribution in [1.29, 1.82) is 0 Å². The molecule has 0 spiro atoms. The Labute approximate surface area is 200 Å². The molecule has 0 bridgehead atoms. The summed E-state index contributed by atoms with van der Waals surface area (Å²) < 4.78 is 0. The molecule has 0 saturated carbocycles. The average molecular weight is 475 g/mol. The van der Waals surface area contributed by atoms with Crippen LogP contribution in [0, 0.1) is 0 Å². The molecule has 0 aliphatic carbocycles. The van der Waals surface area contributed by atoms with Gasteiger partial charge in [0, 0.05) is 28.9 Å². The summed E-state index contributed by atoms with van der Waals surface area (Å²) in [7, 11) is 1.67. The van der Waals surface area contributed by atoms with Crippen LogP contribution in [0.2, 0.25) is 0 Å². The van der Waals surface area contributed by atoms with E-state index in [2.05, 4.69) is 15.8 Å². The predicted octanol–water partition coefficient (Wildman–Crippen LogP) is 4.22. The Bertz CT molecular complexity index is 1260. The number of amides is 3. The van der Waals surface area contributed by atoms with Gasteiger partial charge in [-0.2, -0.15) is 5.10 Å². The van der Waals surface area contributed by atoms with E-state index in [0.29, 0.717) is 11.3 Å². The van der Waals surface area contributed by atoms with Gasteiger partial charge in [0.15, 0.2) is 5.71 Å². The molecule has 9 heteroatoms. The lowest BCUT2D eigenvalue weighted by atomic mass is 10.1. The van der Waals surface area contributed by atoms with E-state index in [1.54, 1.807) is 55.2 Å². The highest BCUT2D eigenvalue weighted by atomic mass is 32.2. The number of aromatic carboxylic acids is 1. The summed E-state index contributed by atoms with van der Waals surface area (Å²) >= 11 is 1.62. The number of hydrogen-bond donors (Lipinski definition) is 3. The molecule has 0 unspecified atom stereocenters. The number of likely N-dealkylation sites (N-methyl/N-ethyl adjacent to an activating group) is 1. The van der Waals surface area contributed by atoms with Crippen molar-refractivity contribution < 1.29 is 19.5 Å². The highest BCUT2D eigenvalue weighted by Crippen LogP contribution is 2.32. The quantitative estimate of drug-likeness (QED) is 0.351. The highest BCUT2D eigenvalue weighted by Gasteiger charge is 2.32. The first kappa shape index (κ1) is 23.1. The monoisotopic (exact) mass is 474 g/mol. The summed E-state index contributed by atoms with van der Waals surface area (Å²) in [5.41, 5.74) is 5.89. The lowest BCUT2D eigenvalue weighted by Crippen LogP contribution is -2.30. The van der Waals surface area contributed by atoms with Crippen molar-refractivity contribution >= 4 is 46.8 Å². The first-order valence-corrected chi connectivity index (χ1v) is 11.5. The lowest BCUT2D eigenvalue weighted by molar-refractivity contribution is -0.112. The van der Waals surface area contributed by atoms with Gasteiger partial charge >= 0.3 is 12.0 Å². The summed E-state index contributed by atoms with van der Waals surface area (Å²) in [4.78, 5) is 38.3. The van der Waals surface area contributed by atoms with E-state index in [4.69, 9.17) is 5.11 Å². The topological polar surface area (TPSA) is 111 Å². The Morgan fingerprint density at radius 2 is 1.76 bits per heavy atom. The number of carbonyl (C=O) groups is 3. The fourth-order valence-electron chi connectivity index (χ4n) is 3.47. The Morgan fingerprint density at radius 1 is 1.03 bits per heavy atom. The summed E-state index contributed by atoms with van der Waals surface area (Å²) in [6, 6.07) is 20.9. The van der Waals surface area contributed by atoms with Gasteiger partial charge in [-0.1, -0.05) is 30.3 Å². The Hall–Kier alpha value is -4.11. The number of anilines is 2. The van der Waals surface area contributed by atoms with Crippen LogP contribution in [-0.2, 0) is 11.2 Å². The number of urea groups is 1. The second kappa shape index (κ2) is 10.2. The molecule has 3 amide bonds. The van der Waals surface area contributed by atoms with Gasteiger partial charge in [0.2, 0.25) is 0 Å². The number of hydrazone groups is 1. The fourth-order valence-corrected chi connectivity index (χ4v) is 4.41. The van der Waals surface area contributed by atoms with E-state index in [1.807, 2.05) is 36.4 Å². The molecule has 4 rings (SSSR count). The predicted molar refractivity (Wildman–Crippen MR) is 133 cm³/mol. The van der Waals surface area contributed by atoms with Gasteiger partial charge in [-0.15, -0.1) is 11.8 Å². The first-order valence-electron chi connectivity index (χ1n) is 10.5. The Kier molecular flexibility index (Phi) is 6.93. The minimum Gasteiger partial charge on any atom is -0.478 e. The van der Waals surface area contributed by atoms with E-state index >= 15 is 0 Å². The smallest absolute Gasteiger partial charge is 0.339 e. The largest absolute Gasteiger partial charge is 0.478 e. The van der Waals surface area contributed by atoms with Crippen molar-refractivity contribution in [2.45, 2.75) is 11.3 Å². The zero-order valence-corrected chi connectivity index (χ0v) is 19.1. The Balaban J connectivity index is 1.42. The van der Waals surface area contributed by atoms with Gasteiger partial charge in [-0.25, -0.2) is 15.0 Å². The molecule has 0 saturated heterocycles. The van der Waals surface area contributed by atoms with Crippen molar-refractivity contribution in [3.8, 4) is 0 Å². The van der Waals surface area contributed by atoms with Crippen LogP contribution >= 0.6 is 11.8 Å². The molecule has 8 nitrogen and oxygen atoms in total. The number of thioether (sulfide) groups is 1. The number of carboxylic acids is 1. The molecular formula is C25H22N4O4S. The fraction of sp³-hybridized carbons (Fsp3) is 0.120. The minimum atomic E-state index is -0.942. The molecule has 0 radical (unpaired) electrons. The molecule has 34 heavy (non-hydrogen) atoms. The first-order chi connectivity index (χ1) is 16.4. The molecule has 3 N–H and O–H groups in total. The number of nitrogens with one attached hydrogen (secondary N) is 2. The van der Waals surface area contributed by atoms with Crippen LogP contribution in [0.1, 0.15) is 21.5 Å². The highest BCUT2D eigenvalue weighted by molar-refractivity contribution is 7.99. The summed E-state index contributed by atoms with van der Waals surface area (Å²) in [5.74, 6) is -0.460. The molecule has 0 aromatic heterocycles. The number of nitrogens with zero attached hydrogens (tertiary/aromatic N) is 2. The van der Waals surface area contributed by atoms with Gasteiger partial charge < -0.3 is 15.3 Å². The molecule has 1 aliphatic heterocycles. The third-order valence-electron chi connectivity index (χ3n) is 5.25. The van der Waals surface area contributed by atoms with Crippen LogP contribution in [0.25, 0.3) is 0 Å². The van der Waals surface area contributed by atoms with Crippen molar-refractivity contribution in [2.75, 3.05) is 23.0 Å². The molecule has 1 heterocycles. The zero-order chi connectivity index (χ0) is 24.1. The average Bonchev–Trinajstić information content (AvgIpc) is 3.07. The van der Waals surface area contributed by atoms with Gasteiger partial charge in [0.1, 0.15) is 0 Å². The molecule has 3 aromatic rings. The van der Waals surface area contributed by atoms with Crippen LogP contribution in [0.3, 0.4) is 0 Å². The number of para-hydroxylation sites is 1. The third-order valence-corrected chi connectivity index (χ3v) is 6.25. The zero-order valence-electron chi connectivity index (χ0n) is 18.3. The second-order valence-electron chi connectivity index (χ2n) is 7.54. The van der Waals surface area contributed by atoms with Gasteiger partial charge in [0.25, 0.3) is 5.91 Å². The minimum absolute atomic E-state index is 0.174. The van der Waals surface area contributed by atoms with E-state index < -0.39 is 12.0 Å². The van der Waals surface area contributed by atoms with Gasteiger partial charge in [0.05, 0.1) is 11.3 Å². The third kappa shape index (κ3) is 5.26. The summed E-state index contributed by atoms with van der Waals surface area (Å²) in [6.07, 6.45) is 0.767. The maximum Gasteiger partial charge on any atom is 0.339 e. The molecule has 172 valence electrons. The Morgan fingerprint density at radius 3 is 2.47 bits per heavy atom.